The Kier molecular flexibility index (Phi) is 5.59. The number of hydrogen-bond acceptors (Lipinski definition) is 5. The number of esters is 2. The molecule has 1 aromatic rings. The van der Waals surface area contributed by atoms with Gasteiger partial charge in [-0.15, -0.1) is 23.2 Å². The van der Waals surface area contributed by atoms with Crippen molar-refractivity contribution in [1.82, 2.24) is 10.6 Å². The van der Waals surface area contributed by atoms with E-state index in [2.05, 4.69) is 10.6 Å². The molecule has 0 radical (unpaired) electrons. The van der Waals surface area contributed by atoms with Crippen LogP contribution in [0, 0.1) is 5.41 Å². The predicted molar refractivity (Wildman–Crippen MR) is 103 cm³/mol. The Labute approximate surface area is 172 Å². The Morgan fingerprint density at radius 3 is 2.43 bits per heavy atom. The number of rotatable bonds is 6. The van der Waals surface area contributed by atoms with Crippen molar-refractivity contribution in [1.29, 1.82) is 0 Å². The molecule has 2 aliphatic rings. The maximum absolute atomic E-state index is 12.6. The van der Waals surface area contributed by atoms with Crippen LogP contribution in [-0.2, 0) is 19.1 Å². The smallest absolute Gasteiger partial charge is 0.338 e. The van der Waals surface area contributed by atoms with E-state index < -0.39 is 33.8 Å². The lowest BCUT2D eigenvalue weighted by Crippen LogP contribution is -2.47. The Morgan fingerprint density at radius 2 is 1.86 bits per heavy atom. The molecule has 1 aromatic carbocycles. The van der Waals surface area contributed by atoms with Gasteiger partial charge in [0.15, 0.2) is 0 Å². The number of amides is 2. The Hall–Kier alpha value is -2.25. The minimum absolute atomic E-state index is 0.156. The van der Waals surface area contributed by atoms with Gasteiger partial charge >= 0.3 is 18.0 Å². The molecule has 0 unspecified atom stereocenters. The molecule has 2 atom stereocenters. The highest BCUT2D eigenvalue weighted by atomic mass is 35.5. The van der Waals surface area contributed by atoms with Crippen molar-refractivity contribution >= 4 is 41.2 Å². The predicted octanol–water partition coefficient (Wildman–Crippen LogP) is 2.98. The van der Waals surface area contributed by atoms with Crippen LogP contribution in [0.25, 0.3) is 0 Å². The van der Waals surface area contributed by atoms with Gasteiger partial charge in [0.1, 0.15) is 16.4 Å². The fourth-order valence-corrected chi connectivity index (χ4v) is 3.68. The monoisotopic (exact) mass is 426 g/mol. The van der Waals surface area contributed by atoms with Gasteiger partial charge in [-0.05, 0) is 19.4 Å². The summed E-state index contributed by atoms with van der Waals surface area (Å²) in [4.78, 5) is 37.1. The molecule has 3 rings (SSSR count). The largest absolute Gasteiger partial charge is 0.463 e. The average molecular weight is 427 g/mol. The Morgan fingerprint density at radius 1 is 1.21 bits per heavy atom. The molecule has 1 fully saturated rings. The van der Waals surface area contributed by atoms with Crippen LogP contribution >= 0.6 is 23.2 Å². The number of hydrogen-bond donors (Lipinski definition) is 2. The van der Waals surface area contributed by atoms with Crippen LogP contribution in [0.5, 0.6) is 0 Å². The molecule has 1 aliphatic carbocycles. The summed E-state index contributed by atoms with van der Waals surface area (Å²) >= 11 is 12.0. The summed E-state index contributed by atoms with van der Waals surface area (Å²) in [7, 11) is 0. The molecule has 150 valence electrons. The zero-order valence-electron chi connectivity index (χ0n) is 15.4. The number of alkyl halides is 2. The van der Waals surface area contributed by atoms with Crippen LogP contribution in [0.2, 0.25) is 0 Å². The van der Waals surface area contributed by atoms with Crippen LogP contribution in [0.15, 0.2) is 41.6 Å². The molecule has 7 nitrogen and oxygen atoms in total. The second kappa shape index (κ2) is 7.64. The molecule has 1 aliphatic heterocycles. The minimum atomic E-state index is -1.17. The van der Waals surface area contributed by atoms with Gasteiger partial charge in [0.2, 0.25) is 0 Å². The third-order valence-electron chi connectivity index (χ3n) is 4.84. The van der Waals surface area contributed by atoms with Gasteiger partial charge < -0.3 is 20.1 Å². The van der Waals surface area contributed by atoms with Crippen LogP contribution in [0.1, 0.15) is 31.9 Å². The van der Waals surface area contributed by atoms with Crippen LogP contribution in [0.3, 0.4) is 0 Å². The van der Waals surface area contributed by atoms with Gasteiger partial charge in [0.05, 0.1) is 23.9 Å². The zero-order chi connectivity index (χ0) is 20.5. The molecule has 0 aromatic heterocycles. The molecule has 9 heteroatoms. The van der Waals surface area contributed by atoms with Crippen molar-refractivity contribution < 1.29 is 23.9 Å². The summed E-state index contributed by atoms with van der Waals surface area (Å²) in [6.07, 6.45) is 0.270. The normalized spacial score (nSPS) is 25.4. The average Bonchev–Trinajstić information content (AvgIpc) is 3.19. The van der Waals surface area contributed by atoms with E-state index in [0.29, 0.717) is 5.56 Å². The molecule has 2 N–H and O–H groups in total. The van der Waals surface area contributed by atoms with Crippen molar-refractivity contribution in [3.63, 3.8) is 0 Å². The lowest BCUT2D eigenvalue weighted by molar-refractivity contribution is -0.149. The maximum Gasteiger partial charge on any atom is 0.338 e. The molecule has 0 saturated heterocycles. The van der Waals surface area contributed by atoms with Crippen LogP contribution in [-0.4, -0.2) is 35.5 Å². The van der Waals surface area contributed by atoms with E-state index in [1.165, 1.54) is 0 Å². The van der Waals surface area contributed by atoms with Gasteiger partial charge in [0.25, 0.3) is 0 Å². The lowest BCUT2D eigenvalue weighted by atomic mass is 9.95. The maximum atomic E-state index is 12.6. The SMILES string of the molecule is CCOC(=O)C1=C(COC(=O)[C@]2(C)CC2(Cl)Cl)NC(=O)N[C@@H]1c1ccccc1. The van der Waals surface area contributed by atoms with Crippen LogP contribution < -0.4 is 10.6 Å². The van der Waals surface area contributed by atoms with E-state index in [4.69, 9.17) is 32.7 Å². The number of urea groups is 1. The zero-order valence-corrected chi connectivity index (χ0v) is 16.9. The first-order valence-electron chi connectivity index (χ1n) is 8.77. The van der Waals surface area contributed by atoms with Crippen molar-refractivity contribution in [2.24, 2.45) is 5.41 Å². The number of benzene rings is 1. The van der Waals surface area contributed by atoms with E-state index in [1.807, 2.05) is 6.07 Å². The molecule has 28 heavy (non-hydrogen) atoms. The molecular weight excluding hydrogens is 407 g/mol. The number of carbonyl (C=O) groups is 3. The molecule has 2 amide bonds. The summed E-state index contributed by atoms with van der Waals surface area (Å²) in [5.74, 6) is -1.21. The third-order valence-corrected chi connectivity index (χ3v) is 5.94. The van der Waals surface area contributed by atoms with Crippen molar-refractivity contribution in [2.75, 3.05) is 13.2 Å². The van der Waals surface area contributed by atoms with Gasteiger partial charge in [0, 0.05) is 6.42 Å². The quantitative estimate of drug-likeness (QED) is 0.538. The third kappa shape index (κ3) is 3.82. The molecule has 0 bridgehead atoms. The van der Waals surface area contributed by atoms with Crippen LogP contribution in [0.4, 0.5) is 4.79 Å². The van der Waals surface area contributed by atoms with E-state index in [-0.39, 0.29) is 30.9 Å². The fraction of sp³-hybridized carbons (Fsp3) is 0.421. The summed E-state index contributed by atoms with van der Waals surface area (Å²) in [6, 6.07) is 7.71. The van der Waals surface area contributed by atoms with Gasteiger partial charge in [-0.2, -0.15) is 0 Å². The number of carbonyl (C=O) groups excluding carboxylic acids is 3. The Balaban J connectivity index is 1.89. The molecule has 1 heterocycles. The highest BCUT2D eigenvalue weighted by Gasteiger charge is 2.69. The number of ether oxygens (including phenoxy) is 2. The Bertz CT molecular complexity index is 840. The first-order chi connectivity index (χ1) is 13.2. The summed E-state index contributed by atoms with van der Waals surface area (Å²) in [5.41, 5.74) is 0.00277. The topological polar surface area (TPSA) is 93.7 Å². The highest BCUT2D eigenvalue weighted by molar-refractivity contribution is 6.53. The van der Waals surface area contributed by atoms with Gasteiger partial charge in [-0.3, -0.25) is 4.79 Å². The number of nitrogens with one attached hydrogen (secondary N) is 2. The van der Waals surface area contributed by atoms with Crippen molar-refractivity contribution in [2.45, 2.75) is 30.6 Å². The summed E-state index contributed by atoms with van der Waals surface area (Å²) < 4.78 is 9.29. The summed E-state index contributed by atoms with van der Waals surface area (Å²) in [6.45, 7) is 3.12. The van der Waals surface area contributed by atoms with Gasteiger partial charge in [-0.25, -0.2) is 9.59 Å². The second-order valence-corrected chi connectivity index (χ2v) is 8.33. The van der Waals surface area contributed by atoms with E-state index in [0.717, 1.165) is 0 Å². The lowest BCUT2D eigenvalue weighted by Gasteiger charge is -2.29. The first kappa shape index (κ1) is 20.5. The highest BCUT2D eigenvalue weighted by Crippen LogP contribution is 2.64. The molecule has 1 saturated carbocycles. The summed E-state index contributed by atoms with van der Waals surface area (Å²) in [5, 5.41) is 5.24. The first-order valence-corrected chi connectivity index (χ1v) is 9.53. The standard InChI is InChI=1S/C19H20Cl2N2O5/c1-3-27-15(24)13-12(9-28-16(25)18(2)10-19(18,20)21)22-17(26)23-14(13)11-7-5-4-6-8-11/h4-8,14H,3,9-10H2,1-2H3,(H2,22,23,26)/t14-,18+/m1/s1. The van der Waals surface area contributed by atoms with Gasteiger partial charge in [-0.1, -0.05) is 30.3 Å². The fourth-order valence-electron chi connectivity index (χ4n) is 3.00. The van der Waals surface area contributed by atoms with E-state index in [1.54, 1.807) is 38.1 Å². The number of halogens is 2. The van der Waals surface area contributed by atoms with E-state index in [9.17, 15) is 14.4 Å². The van der Waals surface area contributed by atoms with Crippen molar-refractivity contribution in [3.8, 4) is 0 Å². The minimum Gasteiger partial charge on any atom is -0.463 e. The second-order valence-electron chi connectivity index (χ2n) is 6.84. The van der Waals surface area contributed by atoms with Crippen molar-refractivity contribution in [3.05, 3.63) is 47.2 Å². The van der Waals surface area contributed by atoms with E-state index >= 15 is 0 Å². The molecular formula is C19H20Cl2N2O5. The molecule has 0 spiro atoms.